The molecule has 2 rings (SSSR count). The zero-order valence-corrected chi connectivity index (χ0v) is 11.3. The fraction of sp³-hybridized carbons (Fsp3) is 0.182. The monoisotopic (exact) mass is 331 g/mol. The summed E-state index contributed by atoms with van der Waals surface area (Å²) in [4.78, 5) is 39.2. The molecule has 1 aliphatic rings. The number of nitrogens with zero attached hydrogens (tertiary/aromatic N) is 1. The molecule has 0 N–H and O–H groups in total. The van der Waals surface area contributed by atoms with E-state index in [1.54, 1.807) is 12.1 Å². The molecule has 0 atom stereocenters. The van der Waals surface area contributed by atoms with Gasteiger partial charge in [-0.05, 0) is 28.1 Å². The highest BCUT2D eigenvalue weighted by atomic mass is 79.9. The van der Waals surface area contributed by atoms with Crippen molar-refractivity contribution in [2.24, 2.45) is 0 Å². The van der Waals surface area contributed by atoms with E-state index < -0.39 is 17.8 Å². The van der Waals surface area contributed by atoms with Crippen molar-refractivity contribution in [3.63, 3.8) is 0 Å². The van der Waals surface area contributed by atoms with Crippen molar-refractivity contribution in [2.75, 3.05) is 0 Å². The summed E-state index contributed by atoms with van der Waals surface area (Å²) in [5, 5.41) is 0.832. The minimum Gasteiger partial charge on any atom is -0.325 e. The van der Waals surface area contributed by atoms with Crippen molar-refractivity contribution in [1.82, 2.24) is 5.06 Å². The van der Waals surface area contributed by atoms with Gasteiger partial charge in [-0.15, -0.1) is 5.06 Å². The first-order valence-electron chi connectivity index (χ1n) is 5.03. The van der Waals surface area contributed by atoms with E-state index in [9.17, 15) is 14.4 Å². The Morgan fingerprint density at radius 1 is 1.28 bits per heavy atom. The van der Waals surface area contributed by atoms with E-state index in [1.165, 1.54) is 6.07 Å². The number of hydroxylamine groups is 2. The quantitative estimate of drug-likeness (QED) is 0.780. The fourth-order valence-corrected chi connectivity index (χ4v) is 2.05. The van der Waals surface area contributed by atoms with Gasteiger partial charge in [0.15, 0.2) is 0 Å². The third-order valence-electron chi connectivity index (χ3n) is 2.35. The maximum absolute atomic E-state index is 11.8. The van der Waals surface area contributed by atoms with E-state index in [2.05, 4.69) is 15.9 Å². The molecule has 7 heteroatoms. The lowest BCUT2D eigenvalue weighted by molar-refractivity contribution is -0.172. The summed E-state index contributed by atoms with van der Waals surface area (Å²) in [6, 6.07) is 4.63. The molecule has 2 amide bonds. The first-order valence-corrected chi connectivity index (χ1v) is 6.20. The van der Waals surface area contributed by atoms with E-state index in [-0.39, 0.29) is 18.4 Å². The summed E-state index contributed by atoms with van der Waals surface area (Å²) in [5.74, 6) is -1.86. The Morgan fingerprint density at radius 2 is 1.89 bits per heavy atom. The van der Waals surface area contributed by atoms with Crippen LogP contribution in [0.25, 0.3) is 0 Å². The summed E-state index contributed by atoms with van der Waals surface area (Å²) < 4.78 is 0.357. The molecule has 1 aromatic rings. The summed E-state index contributed by atoms with van der Waals surface area (Å²) in [5.41, 5.74) is 0.148. The van der Waals surface area contributed by atoms with Crippen LogP contribution in [0.15, 0.2) is 22.7 Å². The molecular weight excluding hydrogens is 325 g/mol. The van der Waals surface area contributed by atoms with Crippen molar-refractivity contribution < 1.29 is 19.2 Å². The zero-order chi connectivity index (χ0) is 13.3. The number of imide groups is 1. The van der Waals surface area contributed by atoms with Crippen LogP contribution in [0, 0.1) is 0 Å². The number of hydrogen-bond donors (Lipinski definition) is 0. The number of hydrogen-bond acceptors (Lipinski definition) is 4. The van der Waals surface area contributed by atoms with Gasteiger partial charge in [0.2, 0.25) is 0 Å². The molecule has 0 radical (unpaired) electrons. The number of rotatable bonds is 2. The van der Waals surface area contributed by atoms with E-state index in [4.69, 9.17) is 16.4 Å². The molecule has 0 aliphatic carbocycles. The van der Waals surface area contributed by atoms with E-state index >= 15 is 0 Å². The van der Waals surface area contributed by atoms with Crippen LogP contribution < -0.4 is 0 Å². The highest BCUT2D eigenvalue weighted by Gasteiger charge is 2.33. The summed E-state index contributed by atoms with van der Waals surface area (Å²) >= 11 is 8.97. The Bertz CT molecular complexity index is 530. The largest absolute Gasteiger partial charge is 0.365 e. The standard InChI is InChI=1S/C11H7BrClNO4/c12-10-6(2-1-3-7(10)13)11(17)18-14-8(15)4-5-9(14)16/h1-3H,4-5H2. The van der Waals surface area contributed by atoms with Gasteiger partial charge in [-0.25, -0.2) is 4.79 Å². The third kappa shape index (κ3) is 2.39. The van der Waals surface area contributed by atoms with Gasteiger partial charge in [-0.1, -0.05) is 17.7 Å². The minimum atomic E-state index is -0.812. The average molecular weight is 333 g/mol. The van der Waals surface area contributed by atoms with Gasteiger partial charge >= 0.3 is 5.97 Å². The second kappa shape index (κ2) is 5.07. The van der Waals surface area contributed by atoms with Crippen molar-refractivity contribution in [2.45, 2.75) is 12.8 Å². The van der Waals surface area contributed by atoms with E-state index in [0.717, 1.165) is 0 Å². The number of benzene rings is 1. The van der Waals surface area contributed by atoms with Gasteiger partial charge in [-0.3, -0.25) is 9.59 Å². The number of amides is 2. The Morgan fingerprint density at radius 3 is 2.50 bits per heavy atom. The van der Waals surface area contributed by atoms with Gasteiger partial charge in [0, 0.05) is 12.8 Å². The first kappa shape index (κ1) is 13.0. The Labute approximate surface area is 116 Å². The van der Waals surface area contributed by atoms with E-state index in [1.807, 2.05) is 0 Å². The maximum atomic E-state index is 11.8. The van der Waals surface area contributed by atoms with Crippen molar-refractivity contribution in [3.8, 4) is 0 Å². The van der Waals surface area contributed by atoms with Crippen LogP contribution in [0.2, 0.25) is 5.02 Å². The lowest BCUT2D eigenvalue weighted by Crippen LogP contribution is -2.32. The fourth-order valence-electron chi connectivity index (χ4n) is 1.45. The molecule has 18 heavy (non-hydrogen) atoms. The summed E-state index contributed by atoms with van der Waals surface area (Å²) in [7, 11) is 0. The van der Waals surface area contributed by atoms with Crippen LogP contribution in [0.4, 0.5) is 0 Å². The molecule has 5 nitrogen and oxygen atoms in total. The molecule has 0 spiro atoms. The van der Waals surface area contributed by atoms with Gasteiger partial charge in [0.25, 0.3) is 11.8 Å². The third-order valence-corrected chi connectivity index (χ3v) is 3.75. The molecule has 0 unspecified atom stereocenters. The Kier molecular flexibility index (Phi) is 3.68. The molecule has 0 aromatic heterocycles. The molecule has 1 fully saturated rings. The lowest BCUT2D eigenvalue weighted by atomic mass is 10.2. The normalized spacial score (nSPS) is 15.1. The minimum absolute atomic E-state index is 0.0584. The number of carbonyl (C=O) groups is 3. The van der Waals surface area contributed by atoms with Gasteiger partial charge < -0.3 is 4.84 Å². The average Bonchev–Trinajstić information content (AvgIpc) is 2.64. The SMILES string of the molecule is O=C(ON1C(=O)CCC1=O)c1cccc(Cl)c1Br. The maximum Gasteiger partial charge on any atom is 0.365 e. The van der Waals surface area contributed by atoms with Gasteiger partial charge in [0.1, 0.15) is 0 Å². The summed E-state index contributed by atoms with van der Waals surface area (Å²) in [6.07, 6.45) is 0.117. The van der Waals surface area contributed by atoms with Crippen molar-refractivity contribution in [3.05, 3.63) is 33.3 Å². The predicted molar refractivity (Wildman–Crippen MR) is 65.7 cm³/mol. The van der Waals surface area contributed by atoms with Gasteiger partial charge in [0.05, 0.1) is 15.1 Å². The number of halogens is 2. The van der Waals surface area contributed by atoms with Crippen LogP contribution in [0.5, 0.6) is 0 Å². The molecule has 1 aromatic carbocycles. The number of carbonyl (C=O) groups excluding carboxylic acids is 3. The molecule has 1 heterocycles. The topological polar surface area (TPSA) is 63.7 Å². The van der Waals surface area contributed by atoms with Crippen LogP contribution >= 0.6 is 27.5 Å². The van der Waals surface area contributed by atoms with Crippen LogP contribution in [0.1, 0.15) is 23.2 Å². The second-order valence-electron chi connectivity index (χ2n) is 3.56. The predicted octanol–water partition coefficient (Wildman–Crippen LogP) is 2.32. The van der Waals surface area contributed by atoms with Crippen LogP contribution in [0.3, 0.4) is 0 Å². The first-order chi connectivity index (χ1) is 8.50. The van der Waals surface area contributed by atoms with Crippen molar-refractivity contribution in [1.29, 1.82) is 0 Å². The lowest BCUT2D eigenvalue weighted by Gasteiger charge is -2.13. The molecular formula is C11H7BrClNO4. The smallest absolute Gasteiger partial charge is 0.325 e. The summed E-state index contributed by atoms with van der Waals surface area (Å²) in [6.45, 7) is 0. The van der Waals surface area contributed by atoms with Crippen molar-refractivity contribution >= 4 is 45.3 Å². The zero-order valence-electron chi connectivity index (χ0n) is 8.98. The second-order valence-corrected chi connectivity index (χ2v) is 4.76. The molecule has 0 saturated carbocycles. The molecule has 1 aliphatic heterocycles. The van der Waals surface area contributed by atoms with Crippen LogP contribution in [-0.4, -0.2) is 22.8 Å². The highest BCUT2D eigenvalue weighted by molar-refractivity contribution is 9.10. The molecule has 1 saturated heterocycles. The molecule has 0 bridgehead atoms. The van der Waals surface area contributed by atoms with Crippen LogP contribution in [-0.2, 0) is 14.4 Å². The Hall–Kier alpha value is -1.40. The molecule has 94 valence electrons. The van der Waals surface area contributed by atoms with Gasteiger partial charge in [-0.2, -0.15) is 0 Å². The van der Waals surface area contributed by atoms with E-state index in [0.29, 0.717) is 14.6 Å². The highest BCUT2D eigenvalue weighted by Crippen LogP contribution is 2.27. The Balaban J connectivity index is 2.20.